The molecule has 0 spiro atoms. The van der Waals surface area contributed by atoms with Crippen molar-refractivity contribution in [2.75, 3.05) is 0 Å². The molecule has 0 aliphatic carbocycles. The largest absolute Gasteiger partial charge is 0.409 e. The molecule has 0 aliphatic rings. The van der Waals surface area contributed by atoms with Gasteiger partial charge in [0, 0.05) is 24.9 Å². The van der Waals surface area contributed by atoms with E-state index >= 15 is 0 Å². The Labute approximate surface area is 115 Å². The van der Waals surface area contributed by atoms with E-state index in [9.17, 15) is 4.79 Å². The van der Waals surface area contributed by atoms with Gasteiger partial charge >= 0.3 is 0 Å². The van der Waals surface area contributed by atoms with Crippen LogP contribution in [0, 0.1) is 0 Å². The van der Waals surface area contributed by atoms with Gasteiger partial charge in [0.05, 0.1) is 11.1 Å². The molecule has 1 amide bonds. The lowest BCUT2D eigenvalue weighted by molar-refractivity contribution is 0.0942. The van der Waals surface area contributed by atoms with Gasteiger partial charge in [-0.3, -0.25) is 14.8 Å². The first-order chi connectivity index (χ1) is 9.61. The third kappa shape index (κ3) is 3.00. The first-order valence-corrected chi connectivity index (χ1v) is 6.09. The molecule has 1 heterocycles. The Balaban J connectivity index is 2.20. The lowest BCUT2D eigenvalue weighted by Gasteiger charge is -2.13. The first kappa shape index (κ1) is 13.7. The van der Waals surface area contributed by atoms with Crippen molar-refractivity contribution in [2.24, 2.45) is 10.9 Å². The molecule has 1 aromatic carbocycles. The lowest BCUT2D eigenvalue weighted by Crippen LogP contribution is -2.36. The van der Waals surface area contributed by atoms with Gasteiger partial charge in [0.15, 0.2) is 0 Å². The molecule has 1 atom stereocenters. The molecule has 2 rings (SSSR count). The van der Waals surface area contributed by atoms with Crippen molar-refractivity contribution in [3.8, 4) is 0 Å². The second-order valence-electron chi connectivity index (χ2n) is 4.40. The maximum Gasteiger partial charge on any atom is 0.253 e. The molecule has 0 radical (unpaired) electrons. The van der Waals surface area contributed by atoms with Gasteiger partial charge in [0.1, 0.15) is 11.4 Å². The Morgan fingerprint density at radius 3 is 2.95 bits per heavy atom. The summed E-state index contributed by atoms with van der Waals surface area (Å²) in [5.41, 5.74) is 7.05. The number of amidine groups is 1. The predicted molar refractivity (Wildman–Crippen MR) is 74.5 cm³/mol. The zero-order valence-corrected chi connectivity index (χ0v) is 10.9. The summed E-state index contributed by atoms with van der Waals surface area (Å²) in [5, 5.41) is 14.2. The van der Waals surface area contributed by atoms with Gasteiger partial charge < -0.3 is 16.3 Å². The molecule has 104 valence electrons. The van der Waals surface area contributed by atoms with E-state index < -0.39 is 0 Å². The molecule has 7 nitrogen and oxygen atoms in total. The van der Waals surface area contributed by atoms with E-state index in [1.807, 2.05) is 0 Å². The molecule has 0 bridgehead atoms. The number of fused-ring (bicyclic) bond motifs is 1. The zero-order chi connectivity index (χ0) is 14.5. The molecule has 1 aromatic heterocycles. The van der Waals surface area contributed by atoms with Crippen LogP contribution in [0.3, 0.4) is 0 Å². The highest BCUT2D eigenvalue weighted by Crippen LogP contribution is 2.13. The zero-order valence-electron chi connectivity index (χ0n) is 10.9. The fourth-order valence-corrected chi connectivity index (χ4v) is 1.88. The summed E-state index contributed by atoms with van der Waals surface area (Å²) in [5.74, 6) is -0.204. The number of carbonyl (C=O) groups is 1. The molecule has 20 heavy (non-hydrogen) atoms. The number of para-hydroxylation sites is 1. The molecule has 0 saturated carbocycles. The Kier molecular flexibility index (Phi) is 4.09. The number of nitrogens with zero attached hydrogens (tertiary/aromatic N) is 3. The monoisotopic (exact) mass is 273 g/mol. The lowest BCUT2D eigenvalue weighted by atomic mass is 10.1. The summed E-state index contributed by atoms with van der Waals surface area (Å²) >= 11 is 0. The summed E-state index contributed by atoms with van der Waals surface area (Å²) < 4.78 is 0. The molecule has 0 saturated heterocycles. The Hall–Kier alpha value is -2.70. The van der Waals surface area contributed by atoms with Gasteiger partial charge in [-0.25, -0.2) is 0 Å². The van der Waals surface area contributed by atoms with Crippen LogP contribution < -0.4 is 11.1 Å². The van der Waals surface area contributed by atoms with Gasteiger partial charge in [-0.05, 0) is 19.1 Å². The molecular formula is C13H15N5O2. The molecule has 0 aliphatic heterocycles. The number of amides is 1. The van der Waals surface area contributed by atoms with Crippen molar-refractivity contribution < 1.29 is 10.0 Å². The van der Waals surface area contributed by atoms with Crippen LogP contribution in [-0.4, -0.2) is 33.0 Å². The fourth-order valence-electron chi connectivity index (χ4n) is 1.88. The number of rotatable bonds is 4. The first-order valence-electron chi connectivity index (χ1n) is 6.09. The van der Waals surface area contributed by atoms with E-state index in [0.29, 0.717) is 16.6 Å². The molecule has 1 unspecified atom stereocenters. The van der Waals surface area contributed by atoms with Crippen LogP contribution >= 0.6 is 0 Å². The van der Waals surface area contributed by atoms with Crippen molar-refractivity contribution in [2.45, 2.75) is 19.4 Å². The number of hydrogen-bond acceptors (Lipinski definition) is 5. The summed E-state index contributed by atoms with van der Waals surface area (Å²) in [4.78, 5) is 20.5. The van der Waals surface area contributed by atoms with E-state index in [-0.39, 0.29) is 24.2 Å². The van der Waals surface area contributed by atoms with Crippen LogP contribution in [-0.2, 0) is 0 Å². The number of hydrogen-bond donors (Lipinski definition) is 3. The van der Waals surface area contributed by atoms with E-state index in [2.05, 4.69) is 20.4 Å². The number of nitrogens with two attached hydrogens (primary N) is 1. The van der Waals surface area contributed by atoms with Gasteiger partial charge in [0.25, 0.3) is 5.91 Å². The average Bonchev–Trinajstić information content (AvgIpc) is 2.46. The molecular weight excluding hydrogens is 258 g/mol. The van der Waals surface area contributed by atoms with Crippen LogP contribution in [0.15, 0.2) is 35.7 Å². The minimum atomic E-state index is -0.269. The second-order valence-corrected chi connectivity index (χ2v) is 4.40. The maximum absolute atomic E-state index is 12.2. The summed E-state index contributed by atoms with van der Waals surface area (Å²) in [7, 11) is 0. The highest BCUT2D eigenvalue weighted by atomic mass is 16.4. The van der Waals surface area contributed by atoms with Crippen LogP contribution in [0.5, 0.6) is 0 Å². The highest BCUT2D eigenvalue weighted by molar-refractivity contribution is 6.04. The molecule has 4 N–H and O–H groups in total. The second kappa shape index (κ2) is 5.96. The molecule has 7 heteroatoms. The van der Waals surface area contributed by atoms with E-state index in [1.165, 1.54) is 0 Å². The van der Waals surface area contributed by atoms with Gasteiger partial charge in [-0.2, -0.15) is 0 Å². The van der Waals surface area contributed by atoms with Crippen LogP contribution in [0.1, 0.15) is 23.7 Å². The summed E-state index contributed by atoms with van der Waals surface area (Å²) in [6.45, 7) is 1.77. The Morgan fingerprint density at radius 2 is 2.20 bits per heavy atom. The average molecular weight is 273 g/mol. The van der Waals surface area contributed by atoms with E-state index in [1.54, 1.807) is 37.5 Å². The highest BCUT2D eigenvalue weighted by Gasteiger charge is 2.14. The van der Waals surface area contributed by atoms with Crippen LogP contribution in [0.25, 0.3) is 11.0 Å². The topological polar surface area (TPSA) is 113 Å². The number of aromatic nitrogens is 2. The smallest absolute Gasteiger partial charge is 0.253 e. The SMILES string of the molecule is CC(C/C(N)=N/O)NC(=O)c1cccc2nccnc12. The summed E-state index contributed by atoms with van der Waals surface area (Å²) in [6.07, 6.45) is 3.38. The summed E-state index contributed by atoms with van der Waals surface area (Å²) in [6, 6.07) is 4.96. The predicted octanol–water partition coefficient (Wildman–Crippen LogP) is 0.885. The van der Waals surface area contributed by atoms with Gasteiger partial charge in [-0.15, -0.1) is 0 Å². The third-order valence-corrected chi connectivity index (χ3v) is 2.76. The minimum Gasteiger partial charge on any atom is -0.409 e. The standard InChI is InChI=1S/C13H15N5O2/c1-8(7-11(14)18-20)17-13(19)9-3-2-4-10-12(9)16-6-5-15-10/h2-6,8,20H,7H2,1H3,(H2,14,18)(H,17,19). The fraction of sp³-hybridized carbons (Fsp3) is 0.231. The molecule has 0 fully saturated rings. The Morgan fingerprint density at radius 1 is 1.45 bits per heavy atom. The van der Waals surface area contributed by atoms with Crippen LogP contribution in [0.4, 0.5) is 0 Å². The maximum atomic E-state index is 12.2. The number of nitrogens with one attached hydrogen (secondary N) is 1. The molecule has 2 aromatic rings. The van der Waals surface area contributed by atoms with Crippen molar-refractivity contribution in [1.82, 2.24) is 15.3 Å². The quantitative estimate of drug-likeness (QED) is 0.331. The van der Waals surface area contributed by atoms with Gasteiger partial charge in [0.2, 0.25) is 0 Å². The van der Waals surface area contributed by atoms with Crippen molar-refractivity contribution >= 4 is 22.8 Å². The van der Waals surface area contributed by atoms with Crippen molar-refractivity contribution in [3.05, 3.63) is 36.2 Å². The van der Waals surface area contributed by atoms with E-state index in [0.717, 1.165) is 0 Å². The van der Waals surface area contributed by atoms with Crippen molar-refractivity contribution in [3.63, 3.8) is 0 Å². The number of carbonyl (C=O) groups excluding carboxylic acids is 1. The van der Waals surface area contributed by atoms with Crippen molar-refractivity contribution in [1.29, 1.82) is 0 Å². The van der Waals surface area contributed by atoms with E-state index in [4.69, 9.17) is 10.9 Å². The Bertz CT molecular complexity index is 651. The third-order valence-electron chi connectivity index (χ3n) is 2.76. The number of oxime groups is 1. The minimum absolute atomic E-state index is 0.0653. The van der Waals surface area contributed by atoms with Gasteiger partial charge in [-0.1, -0.05) is 11.2 Å². The number of benzene rings is 1. The van der Waals surface area contributed by atoms with Crippen LogP contribution in [0.2, 0.25) is 0 Å². The normalized spacial score (nSPS) is 13.2.